The molecule has 7 heavy (non-hydrogen) atoms. The van der Waals surface area contributed by atoms with Crippen LogP contribution in [0.25, 0.3) is 0 Å². The fourth-order valence-corrected chi connectivity index (χ4v) is 0.167. The topological polar surface area (TPSA) is 52.0 Å². The van der Waals surface area contributed by atoms with Crippen LogP contribution in [0, 0.1) is 0 Å². The van der Waals surface area contributed by atoms with E-state index in [9.17, 15) is 0 Å². The monoisotopic (exact) mass is 124 g/mol. The summed E-state index contributed by atoms with van der Waals surface area (Å²) in [4.78, 5) is 0. The summed E-state index contributed by atoms with van der Waals surface area (Å²) in [5.74, 6) is 0. The van der Waals surface area contributed by atoms with E-state index in [1.54, 1.807) is 0 Å². The van der Waals surface area contributed by atoms with E-state index < -0.39 is 0 Å². The molecule has 0 aromatic rings. The van der Waals surface area contributed by atoms with Gasteiger partial charge in [0, 0.05) is 12.6 Å². The molecule has 0 unspecified atom stereocenters. The van der Waals surface area contributed by atoms with Crippen LogP contribution in [0.2, 0.25) is 0 Å². The van der Waals surface area contributed by atoms with Gasteiger partial charge in [-0.3, -0.25) is 0 Å². The third-order valence-electron chi connectivity index (χ3n) is 0.827. The standard InChI is InChI=1S/C4H12N2.ClH/c1-2-4(6)3-5;/h4H,2-3,5-6H2,1H3;1H/t4-;/m1./s1. The van der Waals surface area contributed by atoms with Gasteiger partial charge in [-0.2, -0.15) is 0 Å². The van der Waals surface area contributed by atoms with Crippen LogP contribution in [0.3, 0.4) is 0 Å². The molecule has 0 amide bonds. The molecule has 0 fully saturated rings. The third-order valence-corrected chi connectivity index (χ3v) is 0.827. The molecule has 3 heteroatoms. The Morgan fingerprint density at radius 3 is 2.00 bits per heavy atom. The van der Waals surface area contributed by atoms with Crippen molar-refractivity contribution in [2.75, 3.05) is 6.54 Å². The number of rotatable bonds is 2. The minimum absolute atomic E-state index is 0. The largest absolute Gasteiger partial charge is 0.329 e. The van der Waals surface area contributed by atoms with Crippen LogP contribution in [0.15, 0.2) is 0 Å². The highest BCUT2D eigenvalue weighted by molar-refractivity contribution is 5.85. The van der Waals surface area contributed by atoms with Crippen molar-refractivity contribution in [2.24, 2.45) is 11.5 Å². The van der Waals surface area contributed by atoms with Gasteiger partial charge < -0.3 is 11.5 Å². The van der Waals surface area contributed by atoms with E-state index >= 15 is 0 Å². The maximum Gasteiger partial charge on any atom is 0.0160 e. The molecule has 2 nitrogen and oxygen atoms in total. The first-order chi connectivity index (χ1) is 2.81. The second-order valence-electron chi connectivity index (χ2n) is 1.40. The fraction of sp³-hybridized carbons (Fsp3) is 1.00. The summed E-state index contributed by atoms with van der Waals surface area (Å²) < 4.78 is 0. The van der Waals surface area contributed by atoms with Crippen molar-refractivity contribution in [3.05, 3.63) is 0 Å². The van der Waals surface area contributed by atoms with Crippen molar-refractivity contribution in [3.8, 4) is 0 Å². The zero-order chi connectivity index (χ0) is 4.99. The predicted octanol–water partition coefficient (Wildman–Crippen LogP) is 0.104. The smallest absolute Gasteiger partial charge is 0.0160 e. The SMILES string of the molecule is CC[C@@H](N)CN.Cl. The lowest BCUT2D eigenvalue weighted by atomic mass is 10.2. The first-order valence-corrected chi connectivity index (χ1v) is 2.27. The molecule has 0 spiro atoms. The lowest BCUT2D eigenvalue weighted by molar-refractivity contribution is 0.660. The highest BCUT2D eigenvalue weighted by Crippen LogP contribution is 1.77. The Kier molecular flexibility index (Phi) is 9.09. The Bertz CT molecular complexity index is 28.9. The average molecular weight is 125 g/mol. The summed E-state index contributed by atoms with van der Waals surface area (Å²) in [5, 5.41) is 0. The zero-order valence-corrected chi connectivity index (χ0v) is 5.37. The summed E-state index contributed by atoms with van der Waals surface area (Å²) in [6, 6.07) is 0.213. The lowest BCUT2D eigenvalue weighted by Gasteiger charge is -1.99. The second kappa shape index (κ2) is 6.21. The van der Waals surface area contributed by atoms with E-state index in [1.807, 2.05) is 6.92 Å². The number of hydrogen-bond acceptors (Lipinski definition) is 2. The third kappa shape index (κ3) is 6.21. The molecule has 0 heterocycles. The van der Waals surface area contributed by atoms with Gasteiger partial charge in [-0.1, -0.05) is 6.92 Å². The van der Waals surface area contributed by atoms with Crippen molar-refractivity contribution in [3.63, 3.8) is 0 Å². The van der Waals surface area contributed by atoms with Gasteiger partial charge in [-0.25, -0.2) is 0 Å². The van der Waals surface area contributed by atoms with Crippen molar-refractivity contribution < 1.29 is 0 Å². The molecule has 0 aliphatic carbocycles. The summed E-state index contributed by atoms with van der Waals surface area (Å²) in [6.07, 6.45) is 0.983. The first kappa shape index (κ1) is 10.2. The van der Waals surface area contributed by atoms with Gasteiger partial charge in [-0.15, -0.1) is 12.4 Å². The number of nitrogens with two attached hydrogens (primary N) is 2. The van der Waals surface area contributed by atoms with Crippen molar-refractivity contribution >= 4 is 12.4 Å². The van der Waals surface area contributed by atoms with Crippen LogP contribution in [0.1, 0.15) is 13.3 Å². The van der Waals surface area contributed by atoms with Crippen LogP contribution in [-0.4, -0.2) is 12.6 Å². The molecule has 1 atom stereocenters. The highest BCUT2D eigenvalue weighted by Gasteiger charge is 1.88. The molecular formula is C4H13ClN2. The van der Waals surface area contributed by atoms with Crippen LogP contribution < -0.4 is 11.5 Å². The highest BCUT2D eigenvalue weighted by atomic mass is 35.5. The zero-order valence-electron chi connectivity index (χ0n) is 4.55. The first-order valence-electron chi connectivity index (χ1n) is 2.27. The van der Waals surface area contributed by atoms with Gasteiger partial charge in [0.25, 0.3) is 0 Å². The number of hydrogen-bond donors (Lipinski definition) is 2. The molecular weight excluding hydrogens is 112 g/mol. The minimum atomic E-state index is 0. The van der Waals surface area contributed by atoms with E-state index in [1.165, 1.54) is 0 Å². The van der Waals surface area contributed by atoms with Gasteiger partial charge in [0.05, 0.1) is 0 Å². The fourth-order valence-electron chi connectivity index (χ4n) is 0.167. The molecule has 46 valence electrons. The average Bonchev–Trinajstić information content (AvgIpc) is 1.65. The normalized spacial score (nSPS) is 12.4. The summed E-state index contributed by atoms with van der Waals surface area (Å²) in [5.41, 5.74) is 10.5. The Morgan fingerprint density at radius 1 is 1.57 bits per heavy atom. The molecule has 4 N–H and O–H groups in total. The minimum Gasteiger partial charge on any atom is -0.329 e. The van der Waals surface area contributed by atoms with E-state index in [4.69, 9.17) is 11.5 Å². The van der Waals surface area contributed by atoms with Gasteiger partial charge in [-0.05, 0) is 6.42 Å². The van der Waals surface area contributed by atoms with Crippen molar-refractivity contribution in [1.29, 1.82) is 0 Å². The van der Waals surface area contributed by atoms with E-state index in [0.29, 0.717) is 6.54 Å². The molecule has 0 rings (SSSR count). The van der Waals surface area contributed by atoms with Crippen LogP contribution in [0.4, 0.5) is 0 Å². The van der Waals surface area contributed by atoms with Crippen LogP contribution in [0.5, 0.6) is 0 Å². The Hall–Kier alpha value is 0.210. The van der Waals surface area contributed by atoms with Crippen LogP contribution in [-0.2, 0) is 0 Å². The van der Waals surface area contributed by atoms with Crippen LogP contribution >= 0.6 is 12.4 Å². The Balaban J connectivity index is 0. The molecule has 0 saturated carbocycles. The van der Waals surface area contributed by atoms with Crippen molar-refractivity contribution in [1.82, 2.24) is 0 Å². The van der Waals surface area contributed by atoms with E-state index in [-0.39, 0.29) is 18.4 Å². The lowest BCUT2D eigenvalue weighted by Crippen LogP contribution is -2.28. The summed E-state index contributed by atoms with van der Waals surface area (Å²) >= 11 is 0. The van der Waals surface area contributed by atoms with Gasteiger partial charge in [0.2, 0.25) is 0 Å². The molecule has 0 radical (unpaired) electrons. The maximum absolute atomic E-state index is 5.35. The Morgan fingerprint density at radius 2 is 2.00 bits per heavy atom. The predicted molar refractivity (Wildman–Crippen MR) is 34.6 cm³/mol. The van der Waals surface area contributed by atoms with Gasteiger partial charge in [0.15, 0.2) is 0 Å². The number of halogens is 1. The van der Waals surface area contributed by atoms with Gasteiger partial charge in [0.1, 0.15) is 0 Å². The summed E-state index contributed by atoms with van der Waals surface area (Å²) in [7, 11) is 0. The van der Waals surface area contributed by atoms with Crippen molar-refractivity contribution in [2.45, 2.75) is 19.4 Å². The molecule has 0 aliphatic rings. The molecule has 0 bridgehead atoms. The molecule has 0 aromatic heterocycles. The second-order valence-corrected chi connectivity index (χ2v) is 1.40. The van der Waals surface area contributed by atoms with E-state index in [2.05, 4.69) is 0 Å². The summed E-state index contributed by atoms with van der Waals surface area (Å²) in [6.45, 7) is 2.63. The molecule has 0 aliphatic heterocycles. The van der Waals surface area contributed by atoms with Gasteiger partial charge >= 0.3 is 0 Å². The quantitative estimate of drug-likeness (QED) is 0.549. The molecule has 0 saturated heterocycles. The van der Waals surface area contributed by atoms with E-state index in [0.717, 1.165) is 6.42 Å². The molecule has 0 aromatic carbocycles. The maximum atomic E-state index is 5.35. The Labute approximate surface area is 50.7 Å².